The first-order valence-electron chi connectivity index (χ1n) is 9.13. The van der Waals surface area contributed by atoms with Crippen molar-refractivity contribution in [1.29, 1.82) is 0 Å². The van der Waals surface area contributed by atoms with Crippen molar-refractivity contribution >= 4 is 11.4 Å². The number of rotatable bonds is 7. The number of benzene rings is 2. The van der Waals surface area contributed by atoms with E-state index in [1.165, 1.54) is 5.69 Å². The van der Waals surface area contributed by atoms with E-state index in [4.69, 9.17) is 4.84 Å². The number of oxime groups is 1. The van der Waals surface area contributed by atoms with Crippen molar-refractivity contribution in [1.82, 2.24) is 4.90 Å². The Hall–Kier alpha value is -2.33. The van der Waals surface area contributed by atoms with Gasteiger partial charge in [-0.2, -0.15) is 0 Å². The molecule has 1 fully saturated rings. The van der Waals surface area contributed by atoms with Gasteiger partial charge in [0.05, 0.1) is 5.71 Å². The Balaban J connectivity index is 1.52. The van der Waals surface area contributed by atoms with Crippen molar-refractivity contribution < 1.29 is 4.84 Å². The molecule has 0 unspecified atom stereocenters. The molecule has 2 aromatic rings. The molecule has 0 N–H and O–H groups in total. The Kier molecular flexibility index (Phi) is 6.46. The van der Waals surface area contributed by atoms with Gasteiger partial charge in [-0.05, 0) is 24.6 Å². The van der Waals surface area contributed by atoms with Crippen LogP contribution in [0.5, 0.6) is 0 Å². The highest BCUT2D eigenvalue weighted by molar-refractivity contribution is 6.00. The average Bonchev–Trinajstić information content (AvgIpc) is 2.70. The lowest BCUT2D eigenvalue weighted by molar-refractivity contribution is 0.157. The monoisotopic (exact) mass is 337 g/mol. The normalized spacial score (nSPS) is 16.0. The van der Waals surface area contributed by atoms with Gasteiger partial charge in [-0.15, -0.1) is 0 Å². The molecule has 0 spiro atoms. The van der Waals surface area contributed by atoms with Crippen molar-refractivity contribution in [2.24, 2.45) is 5.16 Å². The zero-order valence-corrected chi connectivity index (χ0v) is 15.0. The minimum Gasteiger partial charge on any atom is -0.396 e. The van der Waals surface area contributed by atoms with Gasteiger partial charge < -0.3 is 9.74 Å². The first-order chi connectivity index (χ1) is 12.4. The van der Waals surface area contributed by atoms with Crippen molar-refractivity contribution in [2.45, 2.75) is 13.3 Å². The van der Waals surface area contributed by atoms with E-state index in [0.29, 0.717) is 6.61 Å². The van der Waals surface area contributed by atoms with Crippen LogP contribution in [0.15, 0.2) is 65.8 Å². The van der Waals surface area contributed by atoms with E-state index in [9.17, 15) is 0 Å². The number of hydrogen-bond donors (Lipinski definition) is 0. The third-order valence-corrected chi connectivity index (χ3v) is 4.57. The predicted octanol–water partition coefficient (Wildman–Crippen LogP) is 3.64. The summed E-state index contributed by atoms with van der Waals surface area (Å²) in [6.45, 7) is 7.92. The minimum absolute atomic E-state index is 0.603. The van der Waals surface area contributed by atoms with Gasteiger partial charge in [0.15, 0.2) is 0 Å². The summed E-state index contributed by atoms with van der Waals surface area (Å²) in [4.78, 5) is 10.3. The van der Waals surface area contributed by atoms with E-state index in [0.717, 1.165) is 50.4 Å². The molecule has 25 heavy (non-hydrogen) atoms. The van der Waals surface area contributed by atoms with Crippen LogP contribution in [0.1, 0.15) is 18.9 Å². The summed E-state index contributed by atoms with van der Waals surface area (Å²) in [6, 6.07) is 21.0. The maximum Gasteiger partial charge on any atom is 0.114 e. The fourth-order valence-electron chi connectivity index (χ4n) is 3.15. The Morgan fingerprint density at radius 2 is 1.56 bits per heavy atom. The van der Waals surface area contributed by atoms with E-state index >= 15 is 0 Å². The third kappa shape index (κ3) is 5.07. The zero-order valence-electron chi connectivity index (χ0n) is 15.0. The second kappa shape index (κ2) is 9.23. The Morgan fingerprint density at radius 1 is 0.920 bits per heavy atom. The van der Waals surface area contributed by atoms with Gasteiger partial charge >= 0.3 is 0 Å². The van der Waals surface area contributed by atoms with Crippen LogP contribution in [0.3, 0.4) is 0 Å². The lowest BCUT2D eigenvalue weighted by Crippen LogP contribution is -2.46. The van der Waals surface area contributed by atoms with Gasteiger partial charge in [0, 0.05) is 44.8 Å². The summed E-state index contributed by atoms with van der Waals surface area (Å²) in [6.07, 6.45) is 0.912. The predicted molar refractivity (Wildman–Crippen MR) is 104 cm³/mol. The second-order valence-electron chi connectivity index (χ2n) is 6.24. The molecular weight excluding hydrogens is 310 g/mol. The van der Waals surface area contributed by atoms with E-state index in [2.05, 4.69) is 69.6 Å². The Labute approximate surface area is 150 Å². The van der Waals surface area contributed by atoms with Crippen LogP contribution >= 0.6 is 0 Å². The van der Waals surface area contributed by atoms with Crippen LogP contribution < -0.4 is 4.90 Å². The second-order valence-corrected chi connectivity index (χ2v) is 6.24. The van der Waals surface area contributed by atoms with Gasteiger partial charge in [-0.25, -0.2) is 0 Å². The molecule has 0 amide bonds. The van der Waals surface area contributed by atoms with Crippen LogP contribution in [0, 0.1) is 0 Å². The molecule has 2 aromatic carbocycles. The number of piperazine rings is 1. The molecule has 4 nitrogen and oxygen atoms in total. The topological polar surface area (TPSA) is 28.1 Å². The van der Waals surface area contributed by atoms with Crippen molar-refractivity contribution in [2.75, 3.05) is 44.2 Å². The molecule has 3 rings (SSSR count). The molecule has 1 heterocycles. The number of nitrogens with zero attached hydrogens (tertiary/aromatic N) is 3. The Bertz CT molecular complexity index is 649. The zero-order chi connectivity index (χ0) is 17.3. The first kappa shape index (κ1) is 17.5. The van der Waals surface area contributed by atoms with Crippen LogP contribution in [0.4, 0.5) is 5.69 Å². The standard InChI is InChI=1S/C21H27N3O/c1-2-25-22-21(19-9-5-3-6-10-19)13-14-23-15-17-24(18-16-23)20-11-7-4-8-12-20/h3-12H,2,13-18H2,1H3/b22-21-. The lowest BCUT2D eigenvalue weighted by atomic mass is 10.1. The largest absolute Gasteiger partial charge is 0.396 e. The van der Waals surface area contributed by atoms with Gasteiger partial charge in [0.2, 0.25) is 0 Å². The molecule has 0 aromatic heterocycles. The SMILES string of the molecule is CCO/N=C(/CCN1CCN(c2ccccc2)CC1)c1ccccc1. The summed E-state index contributed by atoms with van der Waals surface area (Å²) in [5, 5.41) is 4.34. The first-order valence-corrected chi connectivity index (χ1v) is 9.13. The molecule has 0 aliphatic carbocycles. The fourth-order valence-corrected chi connectivity index (χ4v) is 3.15. The summed E-state index contributed by atoms with van der Waals surface area (Å²) in [7, 11) is 0. The number of para-hydroxylation sites is 1. The van der Waals surface area contributed by atoms with Gasteiger partial charge in [0.25, 0.3) is 0 Å². The Morgan fingerprint density at radius 3 is 2.20 bits per heavy atom. The maximum absolute atomic E-state index is 5.33. The molecule has 0 bridgehead atoms. The van der Waals surface area contributed by atoms with Crippen LogP contribution in [-0.2, 0) is 4.84 Å². The number of hydrogen-bond acceptors (Lipinski definition) is 4. The van der Waals surface area contributed by atoms with E-state index in [-0.39, 0.29) is 0 Å². The summed E-state index contributed by atoms with van der Waals surface area (Å²) < 4.78 is 0. The van der Waals surface area contributed by atoms with Gasteiger partial charge in [-0.1, -0.05) is 53.7 Å². The highest BCUT2D eigenvalue weighted by Gasteiger charge is 2.17. The molecular formula is C21H27N3O. The van der Waals surface area contributed by atoms with Crippen molar-refractivity contribution in [3.63, 3.8) is 0 Å². The van der Waals surface area contributed by atoms with E-state index in [1.54, 1.807) is 0 Å². The van der Waals surface area contributed by atoms with Gasteiger partial charge in [-0.3, -0.25) is 4.90 Å². The highest BCUT2D eigenvalue weighted by atomic mass is 16.6. The molecule has 4 heteroatoms. The molecule has 1 aliphatic rings. The molecule has 0 saturated carbocycles. The molecule has 132 valence electrons. The summed E-state index contributed by atoms with van der Waals surface area (Å²) >= 11 is 0. The lowest BCUT2D eigenvalue weighted by Gasteiger charge is -2.36. The van der Waals surface area contributed by atoms with Gasteiger partial charge in [0.1, 0.15) is 6.61 Å². The maximum atomic E-state index is 5.33. The third-order valence-electron chi connectivity index (χ3n) is 4.57. The summed E-state index contributed by atoms with van der Waals surface area (Å²) in [5.41, 5.74) is 3.51. The van der Waals surface area contributed by atoms with Crippen LogP contribution in [0.2, 0.25) is 0 Å². The van der Waals surface area contributed by atoms with Crippen molar-refractivity contribution in [3.05, 3.63) is 66.2 Å². The molecule has 0 radical (unpaired) electrons. The molecule has 1 aliphatic heterocycles. The average molecular weight is 337 g/mol. The number of anilines is 1. The van der Waals surface area contributed by atoms with Crippen molar-refractivity contribution in [3.8, 4) is 0 Å². The minimum atomic E-state index is 0.603. The summed E-state index contributed by atoms with van der Waals surface area (Å²) in [5.74, 6) is 0. The smallest absolute Gasteiger partial charge is 0.114 e. The van der Waals surface area contributed by atoms with E-state index in [1.807, 2.05) is 13.0 Å². The van der Waals surface area contributed by atoms with E-state index < -0.39 is 0 Å². The van der Waals surface area contributed by atoms with Crippen LogP contribution in [-0.4, -0.2) is 49.9 Å². The quantitative estimate of drug-likeness (QED) is 0.570. The highest BCUT2D eigenvalue weighted by Crippen LogP contribution is 2.16. The molecule has 1 saturated heterocycles. The fraction of sp³-hybridized carbons (Fsp3) is 0.381. The van der Waals surface area contributed by atoms with Crippen LogP contribution in [0.25, 0.3) is 0 Å². The molecule has 0 atom stereocenters.